The Morgan fingerprint density at radius 2 is 1.67 bits per heavy atom. The fraction of sp³-hybridized carbons (Fsp3) is 1.00. The van der Waals surface area contributed by atoms with E-state index < -0.39 is 0 Å². The molecule has 104 valence electrons. The summed E-state index contributed by atoms with van der Waals surface area (Å²) < 4.78 is 0. The van der Waals surface area contributed by atoms with Crippen LogP contribution in [0.2, 0.25) is 0 Å². The molecule has 0 heteroatoms. The molecule has 0 aromatic carbocycles. The van der Waals surface area contributed by atoms with Gasteiger partial charge >= 0.3 is 0 Å². The van der Waals surface area contributed by atoms with Crippen LogP contribution < -0.4 is 0 Å². The van der Waals surface area contributed by atoms with E-state index in [0.29, 0.717) is 0 Å². The van der Waals surface area contributed by atoms with Crippen LogP contribution in [0.5, 0.6) is 0 Å². The highest BCUT2D eigenvalue weighted by atomic mass is 14.5. The molecule has 4 aliphatic rings. The Morgan fingerprint density at radius 3 is 2.28 bits per heavy atom. The standard InChI is InChI=1S/C18H32/c1-13-4-6-15(7-5-13)10-16-12-18(3)9-8-17(16)14(2)11-18/h13-17H,4-12H2,1-3H3. The zero-order valence-electron chi connectivity index (χ0n) is 12.8. The van der Waals surface area contributed by atoms with Crippen LogP contribution in [0.4, 0.5) is 0 Å². The number of hydrogen-bond acceptors (Lipinski definition) is 0. The van der Waals surface area contributed by atoms with Crippen molar-refractivity contribution in [3.8, 4) is 0 Å². The molecule has 4 saturated carbocycles. The van der Waals surface area contributed by atoms with Gasteiger partial charge in [0.15, 0.2) is 0 Å². The minimum atomic E-state index is 0.723. The van der Waals surface area contributed by atoms with E-state index >= 15 is 0 Å². The minimum Gasteiger partial charge on any atom is -0.0625 e. The van der Waals surface area contributed by atoms with Crippen molar-refractivity contribution in [2.75, 3.05) is 0 Å². The number of rotatable bonds is 2. The van der Waals surface area contributed by atoms with E-state index in [0.717, 1.165) is 35.0 Å². The minimum absolute atomic E-state index is 0.723. The molecule has 4 atom stereocenters. The molecule has 0 aromatic rings. The zero-order valence-corrected chi connectivity index (χ0v) is 12.8. The SMILES string of the molecule is CC1CCC(CC2CC3(C)CCC2C(C)C3)CC1. The monoisotopic (exact) mass is 248 g/mol. The smallest absolute Gasteiger partial charge is 0.0320 e. The van der Waals surface area contributed by atoms with Gasteiger partial charge in [-0.1, -0.05) is 46.5 Å². The molecule has 0 N–H and O–H groups in total. The Morgan fingerprint density at radius 1 is 0.944 bits per heavy atom. The molecule has 4 aliphatic carbocycles. The van der Waals surface area contributed by atoms with Crippen molar-refractivity contribution in [3.05, 3.63) is 0 Å². The maximum Gasteiger partial charge on any atom is -0.0320 e. The number of hydrogen-bond donors (Lipinski definition) is 0. The van der Waals surface area contributed by atoms with Crippen LogP contribution in [0.25, 0.3) is 0 Å². The van der Waals surface area contributed by atoms with Crippen LogP contribution in [-0.2, 0) is 0 Å². The molecule has 0 heterocycles. The topological polar surface area (TPSA) is 0 Å². The first-order valence-electron chi connectivity index (χ1n) is 8.56. The summed E-state index contributed by atoms with van der Waals surface area (Å²) in [5.74, 6) is 5.30. The van der Waals surface area contributed by atoms with Crippen molar-refractivity contribution >= 4 is 0 Å². The van der Waals surface area contributed by atoms with Crippen LogP contribution in [-0.4, -0.2) is 0 Å². The van der Waals surface area contributed by atoms with Gasteiger partial charge in [-0.25, -0.2) is 0 Å². The zero-order chi connectivity index (χ0) is 12.8. The predicted molar refractivity (Wildman–Crippen MR) is 78.5 cm³/mol. The molecular formula is C18H32. The van der Waals surface area contributed by atoms with Gasteiger partial charge in [-0.2, -0.15) is 0 Å². The summed E-state index contributed by atoms with van der Waals surface area (Å²) in [5.41, 5.74) is 0.723. The van der Waals surface area contributed by atoms with Gasteiger partial charge in [0.05, 0.1) is 0 Å². The van der Waals surface area contributed by atoms with Crippen molar-refractivity contribution in [3.63, 3.8) is 0 Å². The molecule has 2 bridgehead atoms. The average Bonchev–Trinajstić information content (AvgIpc) is 2.31. The Labute approximate surface area is 114 Å². The molecule has 0 saturated heterocycles. The summed E-state index contributed by atoms with van der Waals surface area (Å²) in [6.07, 6.45) is 13.8. The van der Waals surface area contributed by atoms with Gasteiger partial charge < -0.3 is 0 Å². The van der Waals surface area contributed by atoms with Crippen LogP contribution in [0.3, 0.4) is 0 Å². The van der Waals surface area contributed by atoms with Gasteiger partial charge in [-0.15, -0.1) is 0 Å². The van der Waals surface area contributed by atoms with Crippen LogP contribution in [0, 0.1) is 35.0 Å². The second-order valence-corrected chi connectivity index (χ2v) is 8.52. The average molecular weight is 248 g/mol. The molecule has 0 nitrogen and oxygen atoms in total. The summed E-state index contributed by atoms with van der Waals surface area (Å²) >= 11 is 0. The van der Waals surface area contributed by atoms with Crippen LogP contribution >= 0.6 is 0 Å². The molecular weight excluding hydrogens is 216 g/mol. The van der Waals surface area contributed by atoms with E-state index in [1.807, 2.05) is 0 Å². The second-order valence-electron chi connectivity index (χ2n) is 8.52. The highest BCUT2D eigenvalue weighted by molar-refractivity contribution is 4.97. The predicted octanol–water partition coefficient (Wildman–Crippen LogP) is 5.67. The largest absolute Gasteiger partial charge is 0.0625 e. The maximum atomic E-state index is 2.58. The summed E-state index contributed by atoms with van der Waals surface area (Å²) in [5, 5.41) is 0. The molecule has 18 heavy (non-hydrogen) atoms. The molecule has 4 fully saturated rings. The van der Waals surface area contributed by atoms with Gasteiger partial charge in [0, 0.05) is 0 Å². The first kappa shape index (κ1) is 13.0. The Balaban J connectivity index is 1.60. The molecule has 0 aliphatic heterocycles. The second kappa shape index (κ2) is 4.84. The third kappa shape index (κ3) is 2.49. The third-order valence-corrected chi connectivity index (χ3v) is 6.76. The van der Waals surface area contributed by atoms with Crippen LogP contribution in [0.1, 0.15) is 78.6 Å². The van der Waals surface area contributed by atoms with Crippen molar-refractivity contribution in [1.82, 2.24) is 0 Å². The first-order valence-corrected chi connectivity index (χ1v) is 8.56. The van der Waals surface area contributed by atoms with Crippen LogP contribution in [0.15, 0.2) is 0 Å². The molecule has 4 rings (SSSR count). The van der Waals surface area contributed by atoms with Crippen molar-refractivity contribution < 1.29 is 0 Å². The number of fused-ring (bicyclic) bond motifs is 3. The van der Waals surface area contributed by atoms with E-state index in [4.69, 9.17) is 0 Å². The van der Waals surface area contributed by atoms with Gasteiger partial charge in [-0.05, 0) is 67.1 Å². The van der Waals surface area contributed by atoms with E-state index in [9.17, 15) is 0 Å². The lowest BCUT2D eigenvalue weighted by Crippen LogP contribution is -2.43. The Bertz CT molecular complexity index is 286. The van der Waals surface area contributed by atoms with Gasteiger partial charge in [-0.3, -0.25) is 0 Å². The van der Waals surface area contributed by atoms with E-state index in [1.165, 1.54) is 38.5 Å². The summed E-state index contributed by atoms with van der Waals surface area (Å²) in [4.78, 5) is 0. The lowest BCUT2D eigenvalue weighted by atomic mass is 9.52. The molecule has 0 amide bonds. The Hall–Kier alpha value is 0. The molecule has 0 aromatic heterocycles. The van der Waals surface area contributed by atoms with Gasteiger partial charge in [0.1, 0.15) is 0 Å². The quantitative estimate of drug-likeness (QED) is 0.591. The van der Waals surface area contributed by atoms with E-state index in [2.05, 4.69) is 20.8 Å². The normalized spacial score (nSPS) is 52.5. The van der Waals surface area contributed by atoms with Crippen molar-refractivity contribution in [2.24, 2.45) is 35.0 Å². The Kier molecular flexibility index (Phi) is 3.49. The summed E-state index contributed by atoms with van der Waals surface area (Å²) in [6, 6.07) is 0. The molecule has 0 radical (unpaired) electrons. The van der Waals surface area contributed by atoms with Crippen molar-refractivity contribution in [2.45, 2.75) is 78.6 Å². The lowest BCUT2D eigenvalue weighted by molar-refractivity contribution is -0.0303. The molecule has 4 unspecified atom stereocenters. The highest BCUT2D eigenvalue weighted by Crippen LogP contribution is 2.57. The van der Waals surface area contributed by atoms with E-state index in [1.54, 1.807) is 19.3 Å². The fourth-order valence-corrected chi connectivity index (χ4v) is 5.75. The lowest BCUT2D eigenvalue weighted by Gasteiger charge is -2.53. The summed E-state index contributed by atoms with van der Waals surface area (Å²) in [6.45, 7) is 7.56. The van der Waals surface area contributed by atoms with E-state index in [-0.39, 0.29) is 0 Å². The third-order valence-electron chi connectivity index (χ3n) is 6.76. The van der Waals surface area contributed by atoms with Gasteiger partial charge in [0.2, 0.25) is 0 Å². The molecule has 0 spiro atoms. The fourth-order valence-electron chi connectivity index (χ4n) is 5.75. The van der Waals surface area contributed by atoms with Crippen molar-refractivity contribution in [1.29, 1.82) is 0 Å². The maximum absolute atomic E-state index is 2.58. The summed E-state index contributed by atoms with van der Waals surface area (Å²) in [7, 11) is 0. The highest BCUT2D eigenvalue weighted by Gasteiger charge is 2.46. The van der Waals surface area contributed by atoms with Gasteiger partial charge in [0.25, 0.3) is 0 Å². The first-order chi connectivity index (χ1) is 8.56.